The molecule has 1 saturated heterocycles. The molecule has 0 aromatic rings. The number of cyclic esters (lactones) is 1. The fourth-order valence-electron chi connectivity index (χ4n) is 1.82. The third-order valence-electron chi connectivity index (χ3n) is 2.50. The Morgan fingerprint density at radius 2 is 2.31 bits per heavy atom. The van der Waals surface area contributed by atoms with E-state index >= 15 is 0 Å². The number of carbonyl (C=O) groups excluding carboxylic acids is 2. The monoisotopic (exact) mass is 229 g/mol. The number of carbonyl (C=O) groups is 2. The minimum Gasteiger partial charge on any atom is -0.465 e. The maximum atomic E-state index is 11.4. The largest absolute Gasteiger partial charge is 0.465 e. The van der Waals surface area contributed by atoms with Crippen LogP contribution in [0.25, 0.3) is 0 Å². The van der Waals surface area contributed by atoms with Gasteiger partial charge in [-0.1, -0.05) is 6.92 Å². The van der Waals surface area contributed by atoms with Crippen molar-refractivity contribution >= 4 is 11.9 Å². The predicted octanol–water partition coefficient (Wildman–Crippen LogP) is 0.577. The Labute approximate surface area is 95.7 Å². The molecule has 1 unspecified atom stereocenters. The summed E-state index contributed by atoms with van der Waals surface area (Å²) >= 11 is 0. The molecule has 5 heteroatoms. The van der Waals surface area contributed by atoms with E-state index in [-0.39, 0.29) is 24.5 Å². The van der Waals surface area contributed by atoms with Gasteiger partial charge in [-0.3, -0.25) is 14.5 Å². The second-order valence-electron chi connectivity index (χ2n) is 3.75. The van der Waals surface area contributed by atoms with Gasteiger partial charge in [-0.05, 0) is 19.9 Å². The number of ether oxygens (including phenoxy) is 2. The van der Waals surface area contributed by atoms with Gasteiger partial charge >= 0.3 is 11.9 Å². The quantitative estimate of drug-likeness (QED) is 0.623. The van der Waals surface area contributed by atoms with Gasteiger partial charge in [0, 0.05) is 6.42 Å². The summed E-state index contributed by atoms with van der Waals surface area (Å²) in [7, 11) is 0. The van der Waals surface area contributed by atoms with Crippen LogP contribution in [0.2, 0.25) is 0 Å². The first-order chi connectivity index (χ1) is 7.69. The highest BCUT2D eigenvalue weighted by Gasteiger charge is 2.32. The highest BCUT2D eigenvalue weighted by atomic mass is 16.5. The molecular formula is C11H19NO4. The normalized spacial score (nSPS) is 19.9. The molecule has 0 aromatic heterocycles. The summed E-state index contributed by atoms with van der Waals surface area (Å²) in [6.45, 7) is 5.48. The molecule has 0 N–H and O–H groups in total. The maximum Gasteiger partial charge on any atom is 0.323 e. The summed E-state index contributed by atoms with van der Waals surface area (Å²) < 4.78 is 9.78. The molecule has 1 aliphatic rings. The lowest BCUT2D eigenvalue weighted by Crippen LogP contribution is -2.42. The fourth-order valence-corrected chi connectivity index (χ4v) is 1.82. The van der Waals surface area contributed by atoms with Crippen molar-refractivity contribution in [3.63, 3.8) is 0 Å². The number of rotatable bonds is 6. The second kappa shape index (κ2) is 6.48. The van der Waals surface area contributed by atoms with Crippen LogP contribution in [0.1, 0.15) is 26.7 Å². The zero-order valence-corrected chi connectivity index (χ0v) is 9.90. The lowest BCUT2D eigenvalue weighted by atomic mass is 10.2. The third-order valence-corrected chi connectivity index (χ3v) is 2.50. The van der Waals surface area contributed by atoms with Crippen molar-refractivity contribution < 1.29 is 19.1 Å². The van der Waals surface area contributed by atoms with Crippen molar-refractivity contribution in [3.8, 4) is 0 Å². The smallest absolute Gasteiger partial charge is 0.323 e. The molecule has 1 heterocycles. The first-order valence-electron chi connectivity index (χ1n) is 5.75. The summed E-state index contributed by atoms with van der Waals surface area (Å²) in [5.41, 5.74) is 0. The molecule has 1 fully saturated rings. The van der Waals surface area contributed by atoms with Gasteiger partial charge in [0.1, 0.15) is 6.04 Å². The molecule has 5 nitrogen and oxygen atoms in total. The van der Waals surface area contributed by atoms with E-state index in [0.29, 0.717) is 26.2 Å². The number of nitrogens with zero attached hydrogens (tertiary/aromatic N) is 1. The van der Waals surface area contributed by atoms with Crippen LogP contribution in [-0.2, 0) is 19.1 Å². The van der Waals surface area contributed by atoms with Crippen molar-refractivity contribution in [2.75, 3.05) is 26.3 Å². The van der Waals surface area contributed by atoms with E-state index in [2.05, 4.69) is 0 Å². The molecule has 0 amide bonds. The summed E-state index contributed by atoms with van der Waals surface area (Å²) in [5.74, 6) is -0.506. The van der Waals surface area contributed by atoms with E-state index in [1.807, 2.05) is 11.8 Å². The lowest BCUT2D eigenvalue weighted by Gasteiger charge is -2.24. The number of hydrogen-bond acceptors (Lipinski definition) is 5. The zero-order valence-electron chi connectivity index (χ0n) is 9.90. The Bertz CT molecular complexity index is 254. The van der Waals surface area contributed by atoms with Crippen molar-refractivity contribution in [2.45, 2.75) is 32.7 Å². The van der Waals surface area contributed by atoms with Crippen LogP contribution in [0, 0.1) is 0 Å². The SMILES string of the molecule is CCCN(CC(=O)OCC)C1CCOC1=O. The van der Waals surface area contributed by atoms with E-state index in [1.54, 1.807) is 6.92 Å². The minimum atomic E-state index is -0.282. The molecule has 92 valence electrons. The molecule has 0 spiro atoms. The van der Waals surface area contributed by atoms with Crippen molar-refractivity contribution in [2.24, 2.45) is 0 Å². The average Bonchev–Trinajstić information content (AvgIpc) is 2.64. The number of esters is 2. The molecule has 1 atom stereocenters. The Morgan fingerprint density at radius 3 is 2.81 bits per heavy atom. The van der Waals surface area contributed by atoms with Crippen molar-refractivity contribution in [1.82, 2.24) is 4.90 Å². The Hall–Kier alpha value is -1.10. The molecule has 0 aromatic carbocycles. The highest BCUT2D eigenvalue weighted by Crippen LogP contribution is 2.14. The molecule has 0 radical (unpaired) electrons. The summed E-state index contributed by atoms with van der Waals surface area (Å²) in [4.78, 5) is 24.6. The summed E-state index contributed by atoms with van der Waals surface area (Å²) in [6.07, 6.45) is 1.56. The Balaban J connectivity index is 2.52. The first-order valence-corrected chi connectivity index (χ1v) is 5.75. The van der Waals surface area contributed by atoms with Crippen molar-refractivity contribution in [1.29, 1.82) is 0 Å². The van der Waals surface area contributed by atoms with E-state index in [9.17, 15) is 9.59 Å². The van der Waals surface area contributed by atoms with Crippen LogP contribution >= 0.6 is 0 Å². The van der Waals surface area contributed by atoms with Crippen LogP contribution in [0.3, 0.4) is 0 Å². The van der Waals surface area contributed by atoms with Crippen LogP contribution in [0.4, 0.5) is 0 Å². The van der Waals surface area contributed by atoms with Gasteiger partial charge < -0.3 is 9.47 Å². The zero-order chi connectivity index (χ0) is 12.0. The Morgan fingerprint density at radius 1 is 1.56 bits per heavy atom. The van der Waals surface area contributed by atoms with E-state index in [1.165, 1.54) is 0 Å². The summed E-state index contributed by atoms with van der Waals surface area (Å²) in [5, 5.41) is 0. The van der Waals surface area contributed by atoms with Gasteiger partial charge in [0.15, 0.2) is 0 Å². The molecule has 1 rings (SSSR count). The fraction of sp³-hybridized carbons (Fsp3) is 0.818. The predicted molar refractivity (Wildman–Crippen MR) is 57.9 cm³/mol. The second-order valence-corrected chi connectivity index (χ2v) is 3.75. The van der Waals surface area contributed by atoms with Crippen LogP contribution < -0.4 is 0 Å². The van der Waals surface area contributed by atoms with Gasteiger partial charge in [-0.25, -0.2) is 0 Å². The van der Waals surface area contributed by atoms with Gasteiger partial charge in [0.05, 0.1) is 19.8 Å². The Kier molecular flexibility index (Phi) is 5.25. The highest BCUT2D eigenvalue weighted by molar-refractivity contribution is 5.79. The maximum absolute atomic E-state index is 11.4. The molecule has 0 aliphatic carbocycles. The van der Waals surface area contributed by atoms with Gasteiger partial charge in [0.25, 0.3) is 0 Å². The third kappa shape index (κ3) is 3.48. The average molecular weight is 229 g/mol. The molecule has 0 bridgehead atoms. The molecule has 0 saturated carbocycles. The van der Waals surface area contributed by atoms with Gasteiger partial charge in [-0.2, -0.15) is 0 Å². The first kappa shape index (κ1) is 13.0. The molecule has 16 heavy (non-hydrogen) atoms. The molecular weight excluding hydrogens is 210 g/mol. The van der Waals surface area contributed by atoms with E-state index < -0.39 is 0 Å². The van der Waals surface area contributed by atoms with E-state index in [0.717, 1.165) is 6.42 Å². The van der Waals surface area contributed by atoms with E-state index in [4.69, 9.17) is 9.47 Å². The summed E-state index contributed by atoms with van der Waals surface area (Å²) in [6, 6.07) is -0.274. The van der Waals surface area contributed by atoms with Gasteiger partial charge in [-0.15, -0.1) is 0 Å². The number of hydrogen-bond donors (Lipinski definition) is 0. The minimum absolute atomic E-state index is 0.168. The lowest BCUT2D eigenvalue weighted by molar-refractivity contribution is -0.147. The van der Waals surface area contributed by atoms with Crippen LogP contribution in [0.15, 0.2) is 0 Å². The molecule has 1 aliphatic heterocycles. The standard InChI is InChI=1S/C11H19NO4/c1-3-6-12(8-10(13)15-4-2)9-5-7-16-11(9)14/h9H,3-8H2,1-2H3. The van der Waals surface area contributed by atoms with Crippen molar-refractivity contribution in [3.05, 3.63) is 0 Å². The topological polar surface area (TPSA) is 55.8 Å². The van der Waals surface area contributed by atoms with Gasteiger partial charge in [0.2, 0.25) is 0 Å². The van der Waals surface area contributed by atoms with Crippen LogP contribution in [-0.4, -0.2) is 49.2 Å². The van der Waals surface area contributed by atoms with Crippen LogP contribution in [0.5, 0.6) is 0 Å².